The van der Waals surface area contributed by atoms with E-state index < -0.39 is 12.0 Å². The molecule has 112 valence electrons. The van der Waals surface area contributed by atoms with Gasteiger partial charge in [-0.15, -0.1) is 11.3 Å². The normalized spacial score (nSPS) is 18.9. The van der Waals surface area contributed by atoms with Crippen LogP contribution in [-0.2, 0) is 9.59 Å². The Morgan fingerprint density at radius 1 is 1.57 bits per heavy atom. The van der Waals surface area contributed by atoms with Crippen molar-refractivity contribution in [1.29, 1.82) is 5.26 Å². The quantitative estimate of drug-likeness (QED) is 0.851. The minimum atomic E-state index is -0.840. The van der Waals surface area contributed by atoms with E-state index in [4.69, 9.17) is 10.4 Å². The van der Waals surface area contributed by atoms with Gasteiger partial charge in [-0.1, -0.05) is 0 Å². The van der Waals surface area contributed by atoms with E-state index in [2.05, 4.69) is 5.32 Å². The molecule has 1 amide bonds. The van der Waals surface area contributed by atoms with Gasteiger partial charge in [0.25, 0.3) is 0 Å². The molecule has 0 aliphatic carbocycles. The molecule has 0 aromatic carbocycles. The molecule has 0 spiro atoms. The molecule has 0 bridgehead atoms. The monoisotopic (exact) mass is 325 g/mol. The highest BCUT2D eigenvalue weighted by atomic mass is 32.2. The molecule has 1 unspecified atom stereocenters. The smallest absolute Gasteiger partial charge is 0.321 e. The first kappa shape index (κ1) is 15.8. The van der Waals surface area contributed by atoms with Gasteiger partial charge in [0.1, 0.15) is 17.1 Å². The van der Waals surface area contributed by atoms with Gasteiger partial charge in [0.15, 0.2) is 0 Å². The SMILES string of the molecule is N#Cc1ccsc1NC(=O)CCN1CCSCC1C(=O)O. The zero-order valence-electron chi connectivity index (χ0n) is 11.2. The average molecular weight is 325 g/mol. The number of hydrogen-bond acceptors (Lipinski definition) is 6. The third-order valence-electron chi connectivity index (χ3n) is 3.19. The molecule has 1 aromatic rings. The molecule has 21 heavy (non-hydrogen) atoms. The van der Waals surface area contributed by atoms with Crippen LogP contribution in [-0.4, -0.2) is 52.5 Å². The minimum Gasteiger partial charge on any atom is -0.480 e. The van der Waals surface area contributed by atoms with E-state index in [0.29, 0.717) is 29.4 Å². The highest BCUT2D eigenvalue weighted by Gasteiger charge is 2.28. The average Bonchev–Trinajstić information content (AvgIpc) is 2.92. The molecular weight excluding hydrogens is 310 g/mol. The number of thioether (sulfide) groups is 1. The van der Waals surface area contributed by atoms with Crippen molar-refractivity contribution in [3.05, 3.63) is 17.0 Å². The number of carbonyl (C=O) groups excluding carboxylic acids is 1. The number of carbonyl (C=O) groups is 2. The first-order valence-corrected chi connectivity index (χ1v) is 8.47. The van der Waals surface area contributed by atoms with Crippen molar-refractivity contribution in [2.24, 2.45) is 0 Å². The van der Waals surface area contributed by atoms with Crippen LogP contribution < -0.4 is 5.32 Å². The van der Waals surface area contributed by atoms with Gasteiger partial charge in [0.2, 0.25) is 5.91 Å². The van der Waals surface area contributed by atoms with Gasteiger partial charge in [-0.3, -0.25) is 14.5 Å². The maximum atomic E-state index is 11.9. The van der Waals surface area contributed by atoms with Crippen LogP contribution in [0, 0.1) is 11.3 Å². The van der Waals surface area contributed by atoms with E-state index in [1.54, 1.807) is 23.2 Å². The molecule has 2 heterocycles. The van der Waals surface area contributed by atoms with E-state index in [1.807, 2.05) is 11.0 Å². The summed E-state index contributed by atoms with van der Waals surface area (Å²) < 4.78 is 0. The third-order valence-corrected chi connectivity index (χ3v) is 5.04. The summed E-state index contributed by atoms with van der Waals surface area (Å²) in [6.45, 7) is 1.09. The molecule has 1 saturated heterocycles. The summed E-state index contributed by atoms with van der Waals surface area (Å²) in [7, 11) is 0. The van der Waals surface area contributed by atoms with Crippen LogP contribution in [0.4, 0.5) is 5.00 Å². The Labute approximate surface area is 130 Å². The lowest BCUT2D eigenvalue weighted by Gasteiger charge is -2.32. The zero-order valence-corrected chi connectivity index (χ0v) is 12.9. The van der Waals surface area contributed by atoms with E-state index in [9.17, 15) is 9.59 Å². The van der Waals surface area contributed by atoms with Crippen molar-refractivity contribution >= 4 is 40.0 Å². The van der Waals surface area contributed by atoms with E-state index in [-0.39, 0.29) is 12.3 Å². The summed E-state index contributed by atoms with van der Waals surface area (Å²) in [5.41, 5.74) is 0.450. The van der Waals surface area contributed by atoms with Crippen molar-refractivity contribution in [2.75, 3.05) is 29.9 Å². The molecule has 2 N–H and O–H groups in total. The van der Waals surface area contributed by atoms with Gasteiger partial charge < -0.3 is 10.4 Å². The Morgan fingerprint density at radius 2 is 2.38 bits per heavy atom. The summed E-state index contributed by atoms with van der Waals surface area (Å²) in [5, 5.41) is 23.0. The largest absolute Gasteiger partial charge is 0.480 e. The fourth-order valence-corrected chi connectivity index (χ4v) is 3.92. The van der Waals surface area contributed by atoms with Crippen LogP contribution in [0.1, 0.15) is 12.0 Å². The van der Waals surface area contributed by atoms with Gasteiger partial charge >= 0.3 is 5.97 Å². The van der Waals surface area contributed by atoms with Crippen LogP contribution in [0.3, 0.4) is 0 Å². The van der Waals surface area contributed by atoms with Gasteiger partial charge in [-0.25, -0.2) is 0 Å². The second-order valence-electron chi connectivity index (χ2n) is 4.54. The number of nitriles is 1. The second-order valence-corrected chi connectivity index (χ2v) is 6.60. The zero-order chi connectivity index (χ0) is 15.2. The lowest BCUT2D eigenvalue weighted by molar-refractivity contribution is -0.142. The van der Waals surface area contributed by atoms with Gasteiger partial charge in [0, 0.05) is 31.0 Å². The maximum Gasteiger partial charge on any atom is 0.321 e. The molecule has 0 saturated carbocycles. The number of nitrogens with one attached hydrogen (secondary N) is 1. The molecule has 1 atom stereocenters. The van der Waals surface area contributed by atoms with Crippen LogP contribution in [0.2, 0.25) is 0 Å². The van der Waals surface area contributed by atoms with Crippen molar-refractivity contribution in [2.45, 2.75) is 12.5 Å². The number of amides is 1. The Kier molecular flexibility index (Phi) is 5.61. The third kappa shape index (κ3) is 4.20. The summed E-state index contributed by atoms with van der Waals surface area (Å²) in [5.74, 6) is 0.402. The molecule has 8 heteroatoms. The predicted octanol–water partition coefficient (Wildman–Crippen LogP) is 1.45. The van der Waals surface area contributed by atoms with E-state index >= 15 is 0 Å². The van der Waals surface area contributed by atoms with Crippen molar-refractivity contribution in [3.8, 4) is 6.07 Å². The second kappa shape index (κ2) is 7.45. The molecule has 0 radical (unpaired) electrons. The molecule has 1 aliphatic rings. The standard InChI is InChI=1S/C13H15N3O3S2/c14-7-9-2-5-21-12(9)15-11(17)1-3-16-4-6-20-8-10(16)13(18)19/h2,5,10H,1,3-4,6,8H2,(H,15,17)(H,18,19). The molecule has 1 fully saturated rings. The molecule has 6 nitrogen and oxygen atoms in total. The van der Waals surface area contributed by atoms with Gasteiger partial charge in [-0.05, 0) is 11.4 Å². The van der Waals surface area contributed by atoms with Crippen LogP contribution in [0.25, 0.3) is 0 Å². The first-order chi connectivity index (χ1) is 10.1. The van der Waals surface area contributed by atoms with Gasteiger partial charge in [0.05, 0.1) is 5.56 Å². The van der Waals surface area contributed by atoms with Crippen LogP contribution in [0.15, 0.2) is 11.4 Å². The summed E-state index contributed by atoms with van der Waals surface area (Å²) in [4.78, 5) is 24.9. The number of carboxylic acid groups (broad SMARTS) is 1. The number of nitrogens with zero attached hydrogens (tertiary/aromatic N) is 2. The Balaban J connectivity index is 1.86. The van der Waals surface area contributed by atoms with Crippen molar-refractivity contribution < 1.29 is 14.7 Å². The lowest BCUT2D eigenvalue weighted by atomic mass is 10.2. The number of hydrogen-bond donors (Lipinski definition) is 2. The molecular formula is C13H15N3O3S2. The van der Waals surface area contributed by atoms with Crippen LogP contribution >= 0.6 is 23.1 Å². The molecule has 2 rings (SSSR count). The number of carboxylic acids is 1. The Bertz CT molecular complexity index is 567. The fourth-order valence-electron chi connectivity index (χ4n) is 2.06. The Morgan fingerprint density at radius 3 is 3.10 bits per heavy atom. The van der Waals surface area contributed by atoms with Crippen molar-refractivity contribution in [3.63, 3.8) is 0 Å². The van der Waals surface area contributed by atoms with Crippen molar-refractivity contribution in [1.82, 2.24) is 4.90 Å². The Hall–Kier alpha value is -1.56. The highest BCUT2D eigenvalue weighted by molar-refractivity contribution is 7.99. The number of thiophene rings is 1. The number of rotatable bonds is 5. The van der Waals surface area contributed by atoms with Gasteiger partial charge in [-0.2, -0.15) is 17.0 Å². The summed E-state index contributed by atoms with van der Waals surface area (Å²) in [6.07, 6.45) is 0.219. The van der Waals surface area contributed by atoms with Crippen LogP contribution in [0.5, 0.6) is 0 Å². The lowest BCUT2D eigenvalue weighted by Crippen LogP contribution is -2.48. The van der Waals surface area contributed by atoms with E-state index in [0.717, 1.165) is 5.75 Å². The summed E-state index contributed by atoms with van der Waals surface area (Å²) in [6, 6.07) is 3.15. The number of anilines is 1. The highest BCUT2D eigenvalue weighted by Crippen LogP contribution is 2.22. The molecule has 1 aliphatic heterocycles. The number of aliphatic carboxylic acids is 1. The maximum absolute atomic E-state index is 11.9. The summed E-state index contributed by atoms with van der Waals surface area (Å²) >= 11 is 2.92. The first-order valence-electron chi connectivity index (χ1n) is 6.44. The van der Waals surface area contributed by atoms with E-state index in [1.165, 1.54) is 11.3 Å². The molecule has 1 aromatic heterocycles. The topological polar surface area (TPSA) is 93.4 Å². The fraction of sp³-hybridized carbons (Fsp3) is 0.462. The minimum absolute atomic E-state index is 0.198. The predicted molar refractivity (Wildman–Crippen MR) is 82.6 cm³/mol.